The minimum absolute atomic E-state index is 0.116. The number of hydrogen-bond acceptors (Lipinski definition) is 2. The molecule has 0 radical (unpaired) electrons. The van der Waals surface area contributed by atoms with E-state index < -0.39 is 0 Å². The summed E-state index contributed by atoms with van der Waals surface area (Å²) in [4.78, 5) is 2.28. The topological polar surface area (TPSA) is 29.3 Å². The first kappa shape index (κ1) is 14.0. The fourth-order valence-corrected chi connectivity index (χ4v) is 4.27. The van der Waals surface area contributed by atoms with Crippen LogP contribution in [-0.4, -0.2) is 18.5 Å². The Balaban J connectivity index is 1.60. The van der Waals surface area contributed by atoms with Crippen molar-refractivity contribution < 1.29 is 4.39 Å². The maximum Gasteiger partial charge on any atom is 0.132 e. The largest absolute Gasteiger partial charge is 0.326 e. The Morgan fingerprint density at radius 2 is 2.05 bits per heavy atom. The van der Waals surface area contributed by atoms with Gasteiger partial charge in [0.05, 0.1) is 0 Å². The molecule has 0 aliphatic heterocycles. The van der Waals surface area contributed by atoms with Crippen molar-refractivity contribution in [1.82, 2.24) is 4.90 Å². The van der Waals surface area contributed by atoms with E-state index in [0.29, 0.717) is 12.1 Å². The van der Waals surface area contributed by atoms with Crippen molar-refractivity contribution in [2.45, 2.75) is 38.8 Å². The van der Waals surface area contributed by atoms with Gasteiger partial charge in [-0.25, -0.2) is 4.39 Å². The van der Waals surface area contributed by atoms with Gasteiger partial charge in [-0.1, -0.05) is 24.6 Å². The highest BCUT2D eigenvalue weighted by Gasteiger charge is 2.39. The highest BCUT2D eigenvalue weighted by Crippen LogP contribution is 2.48. The summed E-state index contributed by atoms with van der Waals surface area (Å²) < 4.78 is 14.2. The summed E-state index contributed by atoms with van der Waals surface area (Å²) in [5, 5.41) is 0. The molecule has 2 aliphatic carbocycles. The molecule has 2 aliphatic rings. The number of rotatable bonds is 5. The van der Waals surface area contributed by atoms with Gasteiger partial charge >= 0.3 is 0 Å². The molecule has 0 heterocycles. The number of nitrogens with zero attached hydrogens (tertiary/aromatic N) is 1. The van der Waals surface area contributed by atoms with Crippen LogP contribution in [-0.2, 0) is 13.1 Å². The minimum Gasteiger partial charge on any atom is -0.326 e. The zero-order valence-corrected chi connectivity index (χ0v) is 12.3. The van der Waals surface area contributed by atoms with E-state index in [4.69, 9.17) is 5.73 Å². The van der Waals surface area contributed by atoms with Crippen LogP contribution >= 0.6 is 0 Å². The maximum atomic E-state index is 14.2. The normalized spacial score (nSPS) is 28.5. The van der Waals surface area contributed by atoms with Crippen LogP contribution in [0.5, 0.6) is 0 Å². The van der Waals surface area contributed by atoms with Crippen molar-refractivity contribution in [2.24, 2.45) is 23.5 Å². The summed E-state index contributed by atoms with van der Waals surface area (Å²) in [7, 11) is 2.11. The van der Waals surface area contributed by atoms with Crippen molar-refractivity contribution in [3.8, 4) is 0 Å². The standard InChI is InChI=1S/C17H25FN2/c1-20(11-16-8-12-5-6-13(16)7-12)10-15-4-2-3-14(9-19)17(15)18/h2-4,12-13,16H,5-11,19H2,1H3. The van der Waals surface area contributed by atoms with Gasteiger partial charge in [-0.2, -0.15) is 0 Å². The zero-order chi connectivity index (χ0) is 14.1. The van der Waals surface area contributed by atoms with Crippen molar-refractivity contribution >= 4 is 0 Å². The average Bonchev–Trinajstić information content (AvgIpc) is 3.03. The minimum atomic E-state index is -0.116. The third-order valence-electron chi connectivity index (χ3n) is 5.25. The molecule has 1 aromatic carbocycles. The summed E-state index contributed by atoms with van der Waals surface area (Å²) in [6, 6.07) is 5.56. The average molecular weight is 276 g/mol. The van der Waals surface area contributed by atoms with E-state index in [1.165, 1.54) is 25.7 Å². The van der Waals surface area contributed by atoms with Crippen LogP contribution in [0, 0.1) is 23.6 Å². The Hall–Kier alpha value is -0.930. The highest BCUT2D eigenvalue weighted by molar-refractivity contribution is 5.25. The molecule has 3 unspecified atom stereocenters. The summed E-state index contributed by atoms with van der Waals surface area (Å²) in [5.74, 6) is 2.63. The number of fused-ring (bicyclic) bond motifs is 2. The predicted molar refractivity (Wildman–Crippen MR) is 79.6 cm³/mol. The molecule has 0 spiro atoms. The van der Waals surface area contributed by atoms with E-state index in [-0.39, 0.29) is 12.4 Å². The SMILES string of the molecule is CN(Cc1cccc(CN)c1F)CC1CC2CCC1C2. The van der Waals surface area contributed by atoms with Gasteiger partial charge in [0, 0.05) is 30.8 Å². The second-order valence-corrected chi connectivity index (χ2v) is 6.73. The van der Waals surface area contributed by atoms with E-state index in [0.717, 1.165) is 29.9 Å². The van der Waals surface area contributed by atoms with Gasteiger partial charge in [0.1, 0.15) is 5.82 Å². The molecule has 2 saturated carbocycles. The van der Waals surface area contributed by atoms with Gasteiger partial charge < -0.3 is 10.6 Å². The van der Waals surface area contributed by atoms with Crippen molar-refractivity contribution in [3.05, 3.63) is 35.1 Å². The van der Waals surface area contributed by atoms with Crippen LogP contribution < -0.4 is 5.73 Å². The summed E-state index contributed by atoms with van der Waals surface area (Å²) in [6.45, 7) is 2.07. The molecule has 2 fully saturated rings. The highest BCUT2D eigenvalue weighted by atomic mass is 19.1. The molecular weight excluding hydrogens is 251 g/mol. The molecule has 110 valence electrons. The van der Waals surface area contributed by atoms with Crippen LogP contribution in [0.4, 0.5) is 4.39 Å². The summed E-state index contributed by atoms with van der Waals surface area (Å²) >= 11 is 0. The lowest BCUT2D eigenvalue weighted by Crippen LogP contribution is -2.28. The lowest BCUT2D eigenvalue weighted by atomic mass is 9.88. The van der Waals surface area contributed by atoms with Crippen LogP contribution in [0.2, 0.25) is 0 Å². The van der Waals surface area contributed by atoms with E-state index in [2.05, 4.69) is 11.9 Å². The molecule has 1 aromatic rings. The first-order valence-corrected chi connectivity index (χ1v) is 7.82. The summed E-state index contributed by atoms with van der Waals surface area (Å²) in [6.07, 6.45) is 5.69. The Morgan fingerprint density at radius 1 is 1.25 bits per heavy atom. The summed E-state index contributed by atoms with van der Waals surface area (Å²) in [5.41, 5.74) is 6.97. The molecule has 2 N–H and O–H groups in total. The molecule has 3 atom stereocenters. The van der Waals surface area contributed by atoms with Crippen LogP contribution in [0.3, 0.4) is 0 Å². The molecular formula is C17H25FN2. The van der Waals surface area contributed by atoms with Gasteiger partial charge in [-0.05, 0) is 44.1 Å². The fraction of sp³-hybridized carbons (Fsp3) is 0.647. The maximum absolute atomic E-state index is 14.2. The lowest BCUT2D eigenvalue weighted by molar-refractivity contribution is 0.213. The molecule has 3 rings (SSSR count). The molecule has 2 bridgehead atoms. The van der Waals surface area contributed by atoms with Gasteiger partial charge in [0.15, 0.2) is 0 Å². The Labute approximate surface area is 121 Å². The molecule has 3 heteroatoms. The van der Waals surface area contributed by atoms with E-state index in [1.807, 2.05) is 12.1 Å². The van der Waals surface area contributed by atoms with Crippen LogP contribution in [0.1, 0.15) is 36.8 Å². The zero-order valence-electron chi connectivity index (χ0n) is 12.3. The van der Waals surface area contributed by atoms with Crippen LogP contribution in [0.15, 0.2) is 18.2 Å². The van der Waals surface area contributed by atoms with Crippen molar-refractivity contribution in [2.75, 3.05) is 13.6 Å². The first-order chi connectivity index (χ1) is 9.67. The Morgan fingerprint density at radius 3 is 2.70 bits per heavy atom. The third-order valence-corrected chi connectivity index (χ3v) is 5.25. The fourth-order valence-electron chi connectivity index (χ4n) is 4.27. The molecule has 20 heavy (non-hydrogen) atoms. The van der Waals surface area contributed by atoms with E-state index in [9.17, 15) is 4.39 Å². The molecule has 0 aromatic heterocycles. The molecule has 0 saturated heterocycles. The first-order valence-electron chi connectivity index (χ1n) is 7.82. The number of hydrogen-bond donors (Lipinski definition) is 1. The van der Waals surface area contributed by atoms with Crippen molar-refractivity contribution in [1.29, 1.82) is 0 Å². The number of halogens is 1. The molecule has 2 nitrogen and oxygen atoms in total. The lowest BCUT2D eigenvalue weighted by Gasteiger charge is -2.27. The van der Waals surface area contributed by atoms with Gasteiger partial charge in [0.25, 0.3) is 0 Å². The van der Waals surface area contributed by atoms with Gasteiger partial charge in [-0.3, -0.25) is 0 Å². The smallest absolute Gasteiger partial charge is 0.132 e. The van der Waals surface area contributed by atoms with Crippen molar-refractivity contribution in [3.63, 3.8) is 0 Å². The quantitative estimate of drug-likeness (QED) is 0.895. The van der Waals surface area contributed by atoms with Gasteiger partial charge in [-0.15, -0.1) is 0 Å². The van der Waals surface area contributed by atoms with E-state index in [1.54, 1.807) is 6.07 Å². The monoisotopic (exact) mass is 276 g/mol. The van der Waals surface area contributed by atoms with Gasteiger partial charge in [0.2, 0.25) is 0 Å². The predicted octanol–water partition coefficient (Wildman–Crippen LogP) is 3.15. The second-order valence-electron chi connectivity index (χ2n) is 6.73. The Kier molecular flexibility index (Phi) is 4.08. The number of nitrogens with two attached hydrogens (primary N) is 1. The van der Waals surface area contributed by atoms with Crippen LogP contribution in [0.25, 0.3) is 0 Å². The second kappa shape index (κ2) is 5.82. The van der Waals surface area contributed by atoms with E-state index >= 15 is 0 Å². The Bertz CT molecular complexity index is 474. The molecule has 0 amide bonds. The number of benzene rings is 1. The third kappa shape index (κ3) is 2.75.